The molecule has 0 radical (unpaired) electrons. The Morgan fingerprint density at radius 3 is 1.35 bits per heavy atom. The molecule has 0 bridgehead atoms. The maximum absolute atomic E-state index is 10.3. The molecule has 1 aliphatic carbocycles. The fourth-order valence-corrected chi connectivity index (χ4v) is 1.87. The first-order valence-electron chi connectivity index (χ1n) is 5.52. The second kappa shape index (κ2) is 8.16. The monoisotopic (exact) mass is 272 g/mol. The molecule has 0 aromatic rings. The first-order chi connectivity index (χ1) is 9.76. The Balaban J connectivity index is 3.30. The number of carbonyl (C=O) groups excluding carboxylic acids is 4. The minimum atomic E-state index is -0.0725. The van der Waals surface area contributed by atoms with Crippen LogP contribution in [0.5, 0.6) is 0 Å². The minimum absolute atomic E-state index is 0.0725. The molecule has 0 N–H and O–H groups in total. The van der Waals surface area contributed by atoms with Crippen molar-refractivity contribution in [1.82, 2.24) is 0 Å². The largest absolute Gasteiger partial charge is 0.242 e. The minimum Gasteiger partial charge on any atom is -0.211 e. The summed E-state index contributed by atoms with van der Waals surface area (Å²) in [5.41, 5.74) is 1.16. The molecule has 0 aromatic carbocycles. The van der Waals surface area contributed by atoms with Gasteiger partial charge in [-0.3, -0.25) is 0 Å². The summed E-state index contributed by atoms with van der Waals surface area (Å²) in [5, 5.41) is 0. The van der Waals surface area contributed by atoms with E-state index in [2.05, 4.69) is 20.0 Å². The van der Waals surface area contributed by atoms with Gasteiger partial charge in [-0.1, -0.05) is 0 Å². The van der Waals surface area contributed by atoms with Gasteiger partial charge in [0.1, 0.15) is 0 Å². The summed E-state index contributed by atoms with van der Waals surface area (Å²) < 4.78 is 0. The lowest BCUT2D eigenvalue weighted by molar-refractivity contribution is 0.561. The Labute approximate surface area is 113 Å². The molecule has 100 valence electrons. The summed E-state index contributed by atoms with van der Waals surface area (Å²) in [6, 6.07) is 0. The maximum Gasteiger partial charge on any atom is 0.242 e. The molecule has 8 heteroatoms. The van der Waals surface area contributed by atoms with Crippen LogP contribution in [0.25, 0.3) is 0 Å². The number of nitrogens with zero attached hydrogens (tertiary/aromatic N) is 4. The summed E-state index contributed by atoms with van der Waals surface area (Å²) in [6.07, 6.45) is 7.19. The van der Waals surface area contributed by atoms with Crippen LogP contribution in [0.2, 0.25) is 0 Å². The number of isocyanates is 4. The highest BCUT2D eigenvalue weighted by Gasteiger charge is 2.18. The molecule has 20 heavy (non-hydrogen) atoms. The molecule has 0 unspecified atom stereocenters. The van der Waals surface area contributed by atoms with Crippen molar-refractivity contribution in [2.45, 2.75) is 25.7 Å². The van der Waals surface area contributed by atoms with Gasteiger partial charge in [0.25, 0.3) is 0 Å². The zero-order valence-electron chi connectivity index (χ0n) is 10.3. The molecule has 0 aliphatic heterocycles. The second-order valence-electron chi connectivity index (χ2n) is 3.70. The highest BCUT2D eigenvalue weighted by molar-refractivity contribution is 5.46. The standard InChI is InChI=1S/C12H8N4O4/c17-5-13-11(14-6-18)9-2-1-3-10(4-9)12(15-7-19)16-8-20/h1-4H2. The van der Waals surface area contributed by atoms with E-state index in [1.54, 1.807) is 0 Å². The molecule has 0 saturated heterocycles. The van der Waals surface area contributed by atoms with E-state index < -0.39 is 0 Å². The lowest BCUT2D eigenvalue weighted by Gasteiger charge is -2.17. The van der Waals surface area contributed by atoms with E-state index in [4.69, 9.17) is 0 Å². The third kappa shape index (κ3) is 4.03. The van der Waals surface area contributed by atoms with Crippen LogP contribution in [-0.4, -0.2) is 24.3 Å². The quantitative estimate of drug-likeness (QED) is 0.566. The SMILES string of the molecule is O=C=NC(N=C=O)=C1CCCC(=C(N=C=O)N=C=O)C1. The average Bonchev–Trinajstić information content (AvgIpc) is 2.47. The van der Waals surface area contributed by atoms with Crippen molar-refractivity contribution in [3.63, 3.8) is 0 Å². The molecule has 1 fully saturated rings. The molecule has 0 spiro atoms. The fourth-order valence-electron chi connectivity index (χ4n) is 1.87. The molecule has 1 rings (SSSR count). The van der Waals surface area contributed by atoms with Gasteiger partial charge in [0.05, 0.1) is 0 Å². The molecule has 8 nitrogen and oxygen atoms in total. The van der Waals surface area contributed by atoms with Gasteiger partial charge >= 0.3 is 0 Å². The highest BCUT2D eigenvalue weighted by atomic mass is 16.1. The Bertz CT molecular complexity index is 555. The van der Waals surface area contributed by atoms with Gasteiger partial charge in [-0.05, 0) is 36.8 Å². The van der Waals surface area contributed by atoms with Gasteiger partial charge in [0, 0.05) is 0 Å². The van der Waals surface area contributed by atoms with Crippen LogP contribution < -0.4 is 0 Å². The highest BCUT2D eigenvalue weighted by Crippen LogP contribution is 2.33. The first-order valence-corrected chi connectivity index (χ1v) is 5.52. The van der Waals surface area contributed by atoms with Crippen molar-refractivity contribution in [3.8, 4) is 0 Å². The number of hydrogen-bond acceptors (Lipinski definition) is 8. The Morgan fingerprint density at radius 2 is 1.05 bits per heavy atom. The van der Waals surface area contributed by atoms with E-state index in [-0.39, 0.29) is 18.1 Å². The summed E-state index contributed by atoms with van der Waals surface area (Å²) in [5.74, 6) is -0.145. The Hall–Kier alpha value is -3.00. The van der Waals surface area contributed by atoms with Gasteiger partial charge < -0.3 is 0 Å². The molecule has 0 amide bonds. The number of hydrogen-bond donors (Lipinski definition) is 0. The third-order valence-electron chi connectivity index (χ3n) is 2.62. The lowest BCUT2D eigenvalue weighted by Crippen LogP contribution is -2.02. The molecule has 1 saturated carbocycles. The molecular weight excluding hydrogens is 264 g/mol. The maximum atomic E-state index is 10.3. The average molecular weight is 272 g/mol. The van der Waals surface area contributed by atoms with E-state index in [1.165, 1.54) is 24.3 Å². The van der Waals surface area contributed by atoms with Crippen molar-refractivity contribution >= 4 is 24.3 Å². The number of rotatable bonds is 4. The van der Waals surface area contributed by atoms with Crippen molar-refractivity contribution in [2.24, 2.45) is 20.0 Å². The summed E-state index contributed by atoms with van der Waals surface area (Å²) in [4.78, 5) is 54.5. The van der Waals surface area contributed by atoms with Crippen LogP contribution in [0, 0.1) is 0 Å². The summed E-state index contributed by atoms with van der Waals surface area (Å²) in [6.45, 7) is 0. The van der Waals surface area contributed by atoms with Crippen LogP contribution in [0.4, 0.5) is 0 Å². The van der Waals surface area contributed by atoms with Crippen LogP contribution in [0.3, 0.4) is 0 Å². The molecule has 0 atom stereocenters. The zero-order chi connectivity index (χ0) is 14.8. The third-order valence-corrected chi connectivity index (χ3v) is 2.62. The van der Waals surface area contributed by atoms with Crippen molar-refractivity contribution in [2.75, 3.05) is 0 Å². The lowest BCUT2D eigenvalue weighted by atomic mass is 9.90. The van der Waals surface area contributed by atoms with Crippen molar-refractivity contribution < 1.29 is 19.2 Å². The van der Waals surface area contributed by atoms with E-state index in [0.29, 0.717) is 30.4 Å². The van der Waals surface area contributed by atoms with Gasteiger partial charge in [0.15, 0.2) is 11.6 Å². The van der Waals surface area contributed by atoms with Crippen molar-refractivity contribution in [1.29, 1.82) is 0 Å². The molecule has 0 heterocycles. The van der Waals surface area contributed by atoms with Crippen molar-refractivity contribution in [3.05, 3.63) is 22.8 Å². The zero-order valence-corrected chi connectivity index (χ0v) is 10.3. The van der Waals surface area contributed by atoms with E-state index in [0.717, 1.165) is 0 Å². The van der Waals surface area contributed by atoms with E-state index in [1.807, 2.05) is 0 Å². The van der Waals surface area contributed by atoms with Gasteiger partial charge in [0.2, 0.25) is 24.3 Å². The number of allylic oxidation sites excluding steroid dienone is 2. The fraction of sp³-hybridized carbons (Fsp3) is 0.333. The Kier molecular flexibility index (Phi) is 6.15. The van der Waals surface area contributed by atoms with Gasteiger partial charge in [-0.25, -0.2) is 19.2 Å². The summed E-state index contributed by atoms with van der Waals surface area (Å²) >= 11 is 0. The van der Waals surface area contributed by atoms with Crippen LogP contribution in [0.1, 0.15) is 25.7 Å². The van der Waals surface area contributed by atoms with E-state index >= 15 is 0 Å². The predicted molar refractivity (Wildman–Crippen MR) is 65.0 cm³/mol. The normalized spacial score (nSPS) is 13.0. The van der Waals surface area contributed by atoms with E-state index in [9.17, 15) is 19.2 Å². The molecule has 0 aromatic heterocycles. The first kappa shape index (κ1) is 15.1. The van der Waals surface area contributed by atoms with Gasteiger partial charge in [-0.2, -0.15) is 0 Å². The topological polar surface area (TPSA) is 118 Å². The van der Waals surface area contributed by atoms with Crippen LogP contribution >= 0.6 is 0 Å². The predicted octanol–water partition coefficient (Wildman–Crippen LogP) is 1.33. The molecule has 1 aliphatic rings. The van der Waals surface area contributed by atoms with Gasteiger partial charge in [-0.15, -0.1) is 20.0 Å². The smallest absolute Gasteiger partial charge is 0.211 e. The van der Waals surface area contributed by atoms with Crippen LogP contribution in [-0.2, 0) is 19.2 Å². The Morgan fingerprint density at radius 1 is 0.700 bits per heavy atom. The molecular formula is C12H8N4O4. The number of aliphatic imine (C=N–C) groups is 4. The summed E-state index contributed by atoms with van der Waals surface area (Å²) in [7, 11) is 0. The van der Waals surface area contributed by atoms with Crippen LogP contribution in [0.15, 0.2) is 42.8 Å². The second-order valence-corrected chi connectivity index (χ2v) is 3.70.